The van der Waals surface area contributed by atoms with Gasteiger partial charge in [0.15, 0.2) is 0 Å². The Morgan fingerprint density at radius 1 is 1.32 bits per heavy atom. The molecular formula is C16H22O3. The molecule has 0 radical (unpaired) electrons. The van der Waals surface area contributed by atoms with Crippen molar-refractivity contribution in [2.24, 2.45) is 0 Å². The molecule has 0 atom stereocenters. The number of unbranched alkanes of at least 4 members (excludes halogenated alkanes) is 1. The van der Waals surface area contributed by atoms with Crippen LogP contribution in [0.25, 0.3) is 5.57 Å². The van der Waals surface area contributed by atoms with Gasteiger partial charge in [0, 0.05) is 6.08 Å². The first-order chi connectivity index (χ1) is 8.99. The highest BCUT2D eigenvalue weighted by Gasteiger charge is 2.11. The lowest BCUT2D eigenvalue weighted by Gasteiger charge is -2.15. The molecule has 1 rings (SSSR count). The van der Waals surface area contributed by atoms with Crippen molar-refractivity contribution >= 4 is 11.5 Å². The lowest BCUT2D eigenvalue weighted by molar-refractivity contribution is -0.131. The second-order valence-electron chi connectivity index (χ2n) is 4.75. The van der Waals surface area contributed by atoms with Crippen molar-refractivity contribution < 1.29 is 14.6 Å². The Morgan fingerprint density at radius 2 is 1.89 bits per heavy atom. The molecule has 1 aromatic rings. The highest BCUT2D eigenvalue weighted by molar-refractivity contribution is 5.91. The fraction of sp³-hybridized carbons (Fsp3) is 0.438. The van der Waals surface area contributed by atoms with E-state index in [1.54, 1.807) is 7.11 Å². The van der Waals surface area contributed by atoms with E-state index in [-0.39, 0.29) is 0 Å². The van der Waals surface area contributed by atoms with Gasteiger partial charge in [-0.2, -0.15) is 0 Å². The molecule has 0 aliphatic heterocycles. The first-order valence-corrected chi connectivity index (χ1v) is 6.58. The largest absolute Gasteiger partial charge is 0.497 e. The molecule has 0 aromatic heterocycles. The molecule has 0 fully saturated rings. The molecule has 0 saturated heterocycles. The van der Waals surface area contributed by atoms with E-state index >= 15 is 0 Å². The molecule has 104 valence electrons. The summed E-state index contributed by atoms with van der Waals surface area (Å²) in [6, 6.07) is 3.90. The average Bonchev–Trinajstić information content (AvgIpc) is 2.33. The molecule has 0 bridgehead atoms. The minimum absolute atomic E-state index is 0.789. The Morgan fingerprint density at radius 3 is 2.32 bits per heavy atom. The van der Waals surface area contributed by atoms with Crippen molar-refractivity contribution in [2.75, 3.05) is 7.11 Å². The molecule has 19 heavy (non-hydrogen) atoms. The molecule has 0 heterocycles. The number of carbonyl (C=O) groups is 1. The molecule has 0 saturated carbocycles. The molecule has 0 spiro atoms. The quantitative estimate of drug-likeness (QED) is 0.789. The zero-order chi connectivity index (χ0) is 14.4. The Bertz CT molecular complexity index is 464. The number of hydrogen-bond donors (Lipinski definition) is 1. The predicted octanol–water partition coefficient (Wildman–Crippen LogP) is 3.97. The summed E-state index contributed by atoms with van der Waals surface area (Å²) in [7, 11) is 1.64. The Hall–Kier alpha value is -1.77. The van der Waals surface area contributed by atoms with Crippen LogP contribution in [-0.4, -0.2) is 18.2 Å². The maximum atomic E-state index is 11.0. The minimum Gasteiger partial charge on any atom is -0.497 e. The maximum absolute atomic E-state index is 11.0. The van der Waals surface area contributed by atoms with Gasteiger partial charge in [-0.25, -0.2) is 4.79 Å². The normalized spacial score (nSPS) is 11.5. The molecule has 3 heteroatoms. The van der Waals surface area contributed by atoms with E-state index in [0.717, 1.165) is 47.3 Å². The lowest BCUT2D eigenvalue weighted by atomic mass is 9.92. The number of aryl methyl sites for hydroxylation is 2. The second-order valence-corrected chi connectivity index (χ2v) is 4.75. The van der Waals surface area contributed by atoms with Gasteiger partial charge < -0.3 is 9.84 Å². The first-order valence-electron chi connectivity index (χ1n) is 6.58. The van der Waals surface area contributed by atoms with Crippen LogP contribution in [0.5, 0.6) is 5.75 Å². The van der Waals surface area contributed by atoms with Gasteiger partial charge in [-0.1, -0.05) is 13.3 Å². The molecule has 1 N–H and O–H groups in total. The fourth-order valence-corrected chi connectivity index (χ4v) is 2.33. The van der Waals surface area contributed by atoms with E-state index in [1.807, 2.05) is 26.0 Å². The van der Waals surface area contributed by atoms with Crippen molar-refractivity contribution in [3.05, 3.63) is 34.9 Å². The highest BCUT2D eigenvalue weighted by atomic mass is 16.5. The van der Waals surface area contributed by atoms with Crippen molar-refractivity contribution in [2.45, 2.75) is 40.0 Å². The van der Waals surface area contributed by atoms with Gasteiger partial charge in [0.25, 0.3) is 0 Å². The van der Waals surface area contributed by atoms with Crippen molar-refractivity contribution in [1.29, 1.82) is 0 Å². The van der Waals surface area contributed by atoms with Crippen molar-refractivity contribution in [3.8, 4) is 5.75 Å². The maximum Gasteiger partial charge on any atom is 0.328 e. The van der Waals surface area contributed by atoms with Crippen LogP contribution in [-0.2, 0) is 4.79 Å². The second kappa shape index (κ2) is 6.98. The topological polar surface area (TPSA) is 46.5 Å². The van der Waals surface area contributed by atoms with E-state index in [1.165, 1.54) is 6.08 Å². The monoisotopic (exact) mass is 262 g/mol. The number of methoxy groups -OCH3 is 1. The van der Waals surface area contributed by atoms with Crippen molar-refractivity contribution in [1.82, 2.24) is 0 Å². The summed E-state index contributed by atoms with van der Waals surface area (Å²) in [5.41, 5.74) is 4.05. The summed E-state index contributed by atoms with van der Waals surface area (Å²) < 4.78 is 5.24. The molecule has 0 unspecified atom stereocenters. The number of benzene rings is 1. The van der Waals surface area contributed by atoms with Crippen LogP contribution in [0, 0.1) is 13.8 Å². The Balaban J connectivity index is 3.26. The highest BCUT2D eigenvalue weighted by Crippen LogP contribution is 2.30. The Kier molecular flexibility index (Phi) is 5.61. The number of hydrogen-bond acceptors (Lipinski definition) is 2. The van der Waals surface area contributed by atoms with Crippen LogP contribution in [0.3, 0.4) is 0 Å². The molecule has 0 amide bonds. The van der Waals surface area contributed by atoms with Gasteiger partial charge in [-0.05, 0) is 61.1 Å². The van der Waals surface area contributed by atoms with Crippen LogP contribution in [0.15, 0.2) is 18.2 Å². The van der Waals surface area contributed by atoms with Gasteiger partial charge in [-0.3, -0.25) is 0 Å². The minimum atomic E-state index is -0.888. The summed E-state index contributed by atoms with van der Waals surface area (Å²) >= 11 is 0. The third-order valence-corrected chi connectivity index (χ3v) is 3.16. The number of carboxylic acids is 1. The SMILES string of the molecule is CCCC/C(=C\C(=O)O)c1c(C)cc(OC)cc1C. The standard InChI is InChI=1S/C16H22O3/c1-5-6-7-13(10-15(17)18)16-11(2)8-14(19-4)9-12(16)3/h8-10H,5-7H2,1-4H3,(H,17,18)/b13-10+. The summed E-state index contributed by atoms with van der Waals surface area (Å²) in [6.07, 6.45) is 4.16. The van der Waals surface area contributed by atoms with Crippen molar-refractivity contribution in [3.63, 3.8) is 0 Å². The number of aliphatic carboxylic acids is 1. The first kappa shape index (κ1) is 15.3. The number of carboxylic acid groups (broad SMARTS) is 1. The van der Waals surface area contributed by atoms with Gasteiger partial charge in [0.2, 0.25) is 0 Å². The van der Waals surface area contributed by atoms with Crippen LogP contribution in [0.2, 0.25) is 0 Å². The summed E-state index contributed by atoms with van der Waals surface area (Å²) in [4.78, 5) is 11.0. The third kappa shape index (κ3) is 4.12. The summed E-state index contributed by atoms with van der Waals surface area (Å²) in [5, 5.41) is 9.03. The Labute approximate surface area is 114 Å². The van der Waals surface area contributed by atoms with E-state index in [4.69, 9.17) is 9.84 Å². The van der Waals surface area contributed by atoms with Gasteiger partial charge in [0.05, 0.1) is 7.11 Å². The van der Waals surface area contributed by atoms with Gasteiger partial charge >= 0.3 is 5.97 Å². The van der Waals surface area contributed by atoms with Crippen LogP contribution in [0.1, 0.15) is 42.9 Å². The fourth-order valence-electron chi connectivity index (χ4n) is 2.33. The zero-order valence-electron chi connectivity index (χ0n) is 12.1. The van der Waals surface area contributed by atoms with E-state index in [0.29, 0.717) is 0 Å². The summed E-state index contributed by atoms with van der Waals surface area (Å²) in [5.74, 6) is -0.0790. The molecule has 3 nitrogen and oxygen atoms in total. The third-order valence-electron chi connectivity index (χ3n) is 3.16. The molecule has 1 aromatic carbocycles. The molecule has 0 aliphatic rings. The smallest absolute Gasteiger partial charge is 0.328 e. The van der Waals surface area contributed by atoms with Crippen LogP contribution >= 0.6 is 0 Å². The van der Waals surface area contributed by atoms with E-state index in [9.17, 15) is 4.79 Å². The van der Waals surface area contributed by atoms with Gasteiger partial charge in [0.1, 0.15) is 5.75 Å². The summed E-state index contributed by atoms with van der Waals surface area (Å²) in [6.45, 7) is 6.09. The number of rotatable bonds is 6. The zero-order valence-corrected chi connectivity index (χ0v) is 12.1. The lowest BCUT2D eigenvalue weighted by Crippen LogP contribution is -1.99. The van der Waals surface area contributed by atoms with Gasteiger partial charge in [-0.15, -0.1) is 0 Å². The van der Waals surface area contributed by atoms with E-state index in [2.05, 4.69) is 6.92 Å². The van der Waals surface area contributed by atoms with Crippen LogP contribution < -0.4 is 4.74 Å². The van der Waals surface area contributed by atoms with Crippen LogP contribution in [0.4, 0.5) is 0 Å². The number of allylic oxidation sites excluding steroid dienone is 1. The van der Waals surface area contributed by atoms with E-state index < -0.39 is 5.97 Å². The molecular weight excluding hydrogens is 240 g/mol. The predicted molar refractivity (Wildman–Crippen MR) is 77.6 cm³/mol. The average molecular weight is 262 g/mol. The number of ether oxygens (including phenoxy) is 1. The molecule has 0 aliphatic carbocycles.